The summed E-state index contributed by atoms with van der Waals surface area (Å²) in [6.45, 7) is 8.40. The van der Waals surface area contributed by atoms with Crippen molar-refractivity contribution in [3.8, 4) is 0 Å². The lowest BCUT2D eigenvalue weighted by atomic mass is 10.1. The second-order valence-electron chi connectivity index (χ2n) is 6.29. The van der Waals surface area contributed by atoms with Gasteiger partial charge in [0.2, 0.25) is 0 Å². The zero-order chi connectivity index (χ0) is 18.7. The number of allylic oxidation sites excluding steroid dienone is 4. The minimum Gasteiger partial charge on any atom is -0.334 e. The Morgan fingerprint density at radius 2 is 2.12 bits per heavy atom. The van der Waals surface area contributed by atoms with E-state index >= 15 is 0 Å². The molecule has 6 nitrogen and oxygen atoms in total. The van der Waals surface area contributed by atoms with Gasteiger partial charge in [-0.3, -0.25) is 5.10 Å². The van der Waals surface area contributed by atoms with Gasteiger partial charge in [-0.1, -0.05) is 19.6 Å². The Morgan fingerprint density at radius 1 is 1.31 bits per heavy atom. The largest absolute Gasteiger partial charge is 0.334 e. The molecule has 0 fully saturated rings. The van der Waals surface area contributed by atoms with E-state index in [1.54, 1.807) is 12.5 Å². The lowest BCUT2D eigenvalue weighted by molar-refractivity contribution is 0.945. The molecule has 1 N–H and O–H groups in total. The molecule has 0 aliphatic rings. The number of aromatic amines is 1. The molecule has 0 aromatic carbocycles. The van der Waals surface area contributed by atoms with Gasteiger partial charge in [0.05, 0.1) is 24.2 Å². The van der Waals surface area contributed by atoms with Crippen molar-refractivity contribution in [3.05, 3.63) is 66.5 Å². The molecule has 0 spiro atoms. The summed E-state index contributed by atoms with van der Waals surface area (Å²) in [5.74, 6) is 0.858. The number of fused-ring (bicyclic) bond motifs is 1. The van der Waals surface area contributed by atoms with E-state index in [1.807, 2.05) is 37.1 Å². The average Bonchev–Trinajstić information content (AvgIpc) is 3.31. The van der Waals surface area contributed by atoms with Crippen LogP contribution >= 0.6 is 0 Å². The SMILES string of the molecule is C=C(CC)/C(=C\C=C(/C)c1cn[nH]c1)N(C)c1cc2c(cn1)ncn2C. The Labute approximate surface area is 153 Å². The molecule has 3 aromatic heterocycles. The van der Waals surface area contributed by atoms with Crippen molar-refractivity contribution in [1.29, 1.82) is 0 Å². The summed E-state index contributed by atoms with van der Waals surface area (Å²) in [6, 6.07) is 2.05. The fourth-order valence-electron chi connectivity index (χ4n) is 2.74. The van der Waals surface area contributed by atoms with Gasteiger partial charge in [-0.05, 0) is 30.6 Å². The summed E-state index contributed by atoms with van der Waals surface area (Å²) in [4.78, 5) is 11.0. The first-order chi connectivity index (χ1) is 12.5. The monoisotopic (exact) mass is 348 g/mol. The molecular formula is C20H24N6. The smallest absolute Gasteiger partial charge is 0.134 e. The molecule has 0 atom stereocenters. The van der Waals surface area contributed by atoms with Gasteiger partial charge in [0.25, 0.3) is 0 Å². The number of likely N-dealkylation sites (N-methyl/N-ethyl adjacent to an activating group) is 1. The van der Waals surface area contributed by atoms with E-state index in [0.29, 0.717) is 0 Å². The average molecular weight is 348 g/mol. The maximum absolute atomic E-state index is 4.57. The molecule has 6 heteroatoms. The molecule has 0 bridgehead atoms. The van der Waals surface area contributed by atoms with Gasteiger partial charge in [-0.2, -0.15) is 5.10 Å². The van der Waals surface area contributed by atoms with Crippen molar-refractivity contribution in [1.82, 2.24) is 24.7 Å². The van der Waals surface area contributed by atoms with E-state index in [-0.39, 0.29) is 0 Å². The van der Waals surface area contributed by atoms with Crippen molar-refractivity contribution < 1.29 is 0 Å². The molecule has 26 heavy (non-hydrogen) atoms. The van der Waals surface area contributed by atoms with E-state index < -0.39 is 0 Å². The number of H-pyrrole nitrogens is 1. The maximum atomic E-state index is 4.57. The fourth-order valence-corrected chi connectivity index (χ4v) is 2.74. The first kappa shape index (κ1) is 17.7. The Morgan fingerprint density at radius 3 is 2.81 bits per heavy atom. The van der Waals surface area contributed by atoms with E-state index in [2.05, 4.69) is 57.6 Å². The molecule has 0 saturated carbocycles. The van der Waals surface area contributed by atoms with E-state index in [0.717, 1.165) is 45.7 Å². The van der Waals surface area contributed by atoms with Crippen LogP contribution in [0, 0.1) is 0 Å². The number of pyridine rings is 1. The van der Waals surface area contributed by atoms with Gasteiger partial charge in [0.15, 0.2) is 0 Å². The van der Waals surface area contributed by atoms with Gasteiger partial charge in [-0.15, -0.1) is 0 Å². The van der Waals surface area contributed by atoms with Crippen molar-refractivity contribution >= 4 is 22.4 Å². The summed E-state index contributed by atoms with van der Waals surface area (Å²) < 4.78 is 2.00. The number of aryl methyl sites for hydroxylation is 1. The molecule has 0 radical (unpaired) electrons. The Bertz CT molecular complexity index is 975. The van der Waals surface area contributed by atoms with E-state index in [9.17, 15) is 0 Å². The maximum Gasteiger partial charge on any atom is 0.134 e. The van der Waals surface area contributed by atoms with Crippen LogP contribution < -0.4 is 4.90 Å². The van der Waals surface area contributed by atoms with Crippen LogP contribution in [0.4, 0.5) is 5.82 Å². The number of nitrogens with one attached hydrogen (secondary N) is 1. The third-order valence-electron chi connectivity index (χ3n) is 4.54. The van der Waals surface area contributed by atoms with Crippen molar-refractivity contribution in [2.75, 3.05) is 11.9 Å². The summed E-state index contributed by atoms with van der Waals surface area (Å²) in [7, 11) is 4.00. The van der Waals surface area contributed by atoms with Gasteiger partial charge >= 0.3 is 0 Å². The van der Waals surface area contributed by atoms with E-state index in [4.69, 9.17) is 0 Å². The standard InChI is InChI=1S/C20H24N6/c1-6-14(2)18(8-7-15(3)16-10-23-24-11-16)26(5)20-9-19-17(12-21-20)22-13-25(19)4/h7-13H,2,6H2,1,3-5H3,(H,23,24)/b15-7+,18-8+. The predicted octanol–water partition coefficient (Wildman–Crippen LogP) is 4.08. The summed E-state index contributed by atoms with van der Waals surface area (Å²) in [6.07, 6.45) is 12.3. The number of imidazole rings is 1. The lowest BCUT2D eigenvalue weighted by Gasteiger charge is -2.23. The highest BCUT2D eigenvalue weighted by atomic mass is 15.2. The highest BCUT2D eigenvalue weighted by Crippen LogP contribution is 2.25. The van der Waals surface area contributed by atoms with Crippen LogP contribution in [0.1, 0.15) is 25.8 Å². The first-order valence-electron chi connectivity index (χ1n) is 8.58. The molecule has 0 unspecified atom stereocenters. The Kier molecular flexibility index (Phi) is 5.02. The molecule has 3 heterocycles. The van der Waals surface area contributed by atoms with Gasteiger partial charge in [0, 0.05) is 37.6 Å². The van der Waals surface area contributed by atoms with Crippen LogP contribution in [-0.2, 0) is 7.05 Å². The highest BCUT2D eigenvalue weighted by molar-refractivity contribution is 5.78. The van der Waals surface area contributed by atoms with Crippen LogP contribution in [0.3, 0.4) is 0 Å². The van der Waals surface area contributed by atoms with Gasteiger partial charge < -0.3 is 9.47 Å². The molecule has 0 aliphatic heterocycles. The molecule has 3 aromatic rings. The summed E-state index contributed by atoms with van der Waals surface area (Å²) in [5, 5.41) is 6.85. The van der Waals surface area contributed by atoms with Crippen molar-refractivity contribution in [3.63, 3.8) is 0 Å². The molecular weight excluding hydrogens is 324 g/mol. The van der Waals surface area contributed by atoms with Crippen LogP contribution in [0.25, 0.3) is 16.6 Å². The minimum absolute atomic E-state index is 0.858. The van der Waals surface area contributed by atoms with E-state index in [1.165, 1.54) is 0 Å². The number of aromatic nitrogens is 5. The molecule has 0 saturated heterocycles. The highest BCUT2D eigenvalue weighted by Gasteiger charge is 2.12. The number of hydrogen-bond acceptors (Lipinski definition) is 4. The van der Waals surface area contributed by atoms with Gasteiger partial charge in [-0.25, -0.2) is 9.97 Å². The van der Waals surface area contributed by atoms with Crippen molar-refractivity contribution in [2.24, 2.45) is 7.05 Å². The normalized spacial score (nSPS) is 12.6. The first-order valence-corrected chi connectivity index (χ1v) is 8.58. The summed E-state index contributed by atoms with van der Waals surface area (Å²) >= 11 is 0. The van der Waals surface area contributed by atoms with Crippen LogP contribution in [0.15, 0.2) is 61.0 Å². The number of hydrogen-bond donors (Lipinski definition) is 1. The second kappa shape index (κ2) is 7.39. The van der Waals surface area contributed by atoms with Crippen LogP contribution in [0.2, 0.25) is 0 Å². The topological polar surface area (TPSA) is 62.6 Å². The fraction of sp³-hybridized carbons (Fsp3) is 0.250. The minimum atomic E-state index is 0.858. The Balaban J connectivity index is 1.98. The quantitative estimate of drug-likeness (QED) is 0.682. The third kappa shape index (κ3) is 3.44. The molecule has 3 rings (SSSR count). The van der Waals surface area contributed by atoms with Crippen LogP contribution in [-0.4, -0.2) is 31.8 Å². The summed E-state index contributed by atoms with van der Waals surface area (Å²) in [5.41, 5.74) is 6.22. The van der Waals surface area contributed by atoms with Crippen molar-refractivity contribution in [2.45, 2.75) is 20.3 Å². The second-order valence-corrected chi connectivity index (χ2v) is 6.29. The molecule has 0 amide bonds. The number of anilines is 1. The molecule has 134 valence electrons. The number of rotatable bonds is 6. The zero-order valence-electron chi connectivity index (χ0n) is 15.7. The van der Waals surface area contributed by atoms with Gasteiger partial charge in [0.1, 0.15) is 11.3 Å². The zero-order valence-corrected chi connectivity index (χ0v) is 15.7. The lowest BCUT2D eigenvalue weighted by Crippen LogP contribution is -2.19. The predicted molar refractivity (Wildman–Crippen MR) is 107 cm³/mol. The van der Waals surface area contributed by atoms with Crippen LogP contribution in [0.5, 0.6) is 0 Å². The third-order valence-corrected chi connectivity index (χ3v) is 4.54. The Hall–Kier alpha value is -3.15. The molecule has 0 aliphatic carbocycles. The number of nitrogens with zero attached hydrogens (tertiary/aromatic N) is 5.